The Bertz CT molecular complexity index is 323. The first-order chi connectivity index (χ1) is 6.15. The maximum atomic E-state index is 11.4. The van der Waals surface area contributed by atoms with Gasteiger partial charge in [0.05, 0.1) is 0 Å². The standard InChI is InChI=1S/C10H10BrClO/c1-7-6-8(2-3-9(7)11)10(13)4-5-12/h2-3,6H,4-5H2,1H3. The van der Waals surface area contributed by atoms with Crippen LogP contribution in [0, 0.1) is 6.92 Å². The molecule has 70 valence electrons. The third-order valence-electron chi connectivity index (χ3n) is 1.80. The van der Waals surface area contributed by atoms with Crippen LogP contribution in [0.15, 0.2) is 22.7 Å². The zero-order valence-corrected chi connectivity index (χ0v) is 9.65. The fourth-order valence-corrected chi connectivity index (χ4v) is 1.47. The number of rotatable bonds is 3. The second kappa shape index (κ2) is 4.77. The molecule has 1 nitrogen and oxygen atoms in total. The molecule has 0 amide bonds. The van der Waals surface area contributed by atoms with Crippen LogP contribution in [-0.4, -0.2) is 11.7 Å². The Morgan fingerprint density at radius 2 is 2.23 bits per heavy atom. The summed E-state index contributed by atoms with van der Waals surface area (Å²) in [7, 11) is 0. The molecule has 0 spiro atoms. The summed E-state index contributed by atoms with van der Waals surface area (Å²) in [5.74, 6) is 0.485. The Kier molecular flexibility index (Phi) is 3.94. The van der Waals surface area contributed by atoms with Crippen molar-refractivity contribution in [2.75, 3.05) is 5.88 Å². The lowest BCUT2D eigenvalue weighted by atomic mass is 10.1. The molecule has 1 aromatic rings. The largest absolute Gasteiger partial charge is 0.294 e. The van der Waals surface area contributed by atoms with E-state index >= 15 is 0 Å². The molecular weight excluding hydrogens is 251 g/mol. The molecule has 0 aliphatic carbocycles. The second-order valence-corrected chi connectivity index (χ2v) is 4.06. The molecule has 0 saturated heterocycles. The summed E-state index contributed by atoms with van der Waals surface area (Å²) in [6, 6.07) is 5.57. The highest BCUT2D eigenvalue weighted by Gasteiger charge is 2.05. The average Bonchev–Trinajstić information content (AvgIpc) is 2.10. The lowest BCUT2D eigenvalue weighted by Crippen LogP contribution is -1.99. The average molecular weight is 262 g/mol. The van der Waals surface area contributed by atoms with Gasteiger partial charge in [0.2, 0.25) is 0 Å². The third kappa shape index (κ3) is 2.82. The van der Waals surface area contributed by atoms with E-state index in [0.717, 1.165) is 15.6 Å². The van der Waals surface area contributed by atoms with Crippen molar-refractivity contribution in [2.24, 2.45) is 0 Å². The van der Waals surface area contributed by atoms with E-state index in [1.807, 2.05) is 25.1 Å². The molecule has 0 unspecified atom stereocenters. The highest BCUT2D eigenvalue weighted by Crippen LogP contribution is 2.17. The van der Waals surface area contributed by atoms with Gasteiger partial charge in [-0.3, -0.25) is 4.79 Å². The number of ketones is 1. The maximum Gasteiger partial charge on any atom is 0.164 e. The highest BCUT2D eigenvalue weighted by molar-refractivity contribution is 9.10. The normalized spacial score (nSPS) is 10.1. The van der Waals surface area contributed by atoms with Crippen molar-refractivity contribution < 1.29 is 4.79 Å². The molecule has 3 heteroatoms. The van der Waals surface area contributed by atoms with Crippen LogP contribution in [0.1, 0.15) is 22.3 Å². The van der Waals surface area contributed by atoms with E-state index in [1.54, 1.807) is 0 Å². The van der Waals surface area contributed by atoms with Crippen LogP contribution >= 0.6 is 27.5 Å². The number of Topliss-reactive ketones (excluding diaryl/α,β-unsaturated/α-hetero) is 1. The van der Waals surface area contributed by atoms with E-state index in [2.05, 4.69) is 15.9 Å². The summed E-state index contributed by atoms with van der Waals surface area (Å²) in [6.07, 6.45) is 0.405. The van der Waals surface area contributed by atoms with Gasteiger partial charge in [0.1, 0.15) is 0 Å². The van der Waals surface area contributed by atoms with Gasteiger partial charge in [0.15, 0.2) is 5.78 Å². The van der Waals surface area contributed by atoms with Crippen molar-refractivity contribution in [3.05, 3.63) is 33.8 Å². The molecule has 1 aromatic carbocycles. The molecule has 0 saturated carbocycles. The number of halogens is 2. The van der Waals surface area contributed by atoms with Gasteiger partial charge in [0.25, 0.3) is 0 Å². The second-order valence-electron chi connectivity index (χ2n) is 2.83. The Balaban J connectivity index is 2.90. The van der Waals surface area contributed by atoms with Gasteiger partial charge in [-0.2, -0.15) is 0 Å². The number of hydrogen-bond acceptors (Lipinski definition) is 1. The lowest BCUT2D eigenvalue weighted by molar-refractivity contribution is 0.0989. The number of alkyl halides is 1. The molecule has 0 aliphatic rings. The number of benzene rings is 1. The van der Waals surface area contributed by atoms with Crippen LogP contribution in [0.4, 0.5) is 0 Å². The summed E-state index contributed by atoms with van der Waals surface area (Å²) in [5.41, 5.74) is 1.81. The Hall–Kier alpha value is -0.340. The van der Waals surface area contributed by atoms with Crippen LogP contribution in [0.5, 0.6) is 0 Å². The van der Waals surface area contributed by atoms with Gasteiger partial charge in [-0.25, -0.2) is 0 Å². The first-order valence-corrected chi connectivity index (χ1v) is 5.33. The third-order valence-corrected chi connectivity index (χ3v) is 2.88. The molecule has 0 N–H and O–H groups in total. The topological polar surface area (TPSA) is 17.1 Å². The molecular formula is C10H10BrClO. The van der Waals surface area contributed by atoms with Crippen molar-refractivity contribution in [3.63, 3.8) is 0 Å². The zero-order chi connectivity index (χ0) is 9.84. The highest BCUT2D eigenvalue weighted by atomic mass is 79.9. The van der Waals surface area contributed by atoms with Crippen LogP contribution in [-0.2, 0) is 0 Å². The molecule has 1 rings (SSSR count). The summed E-state index contributed by atoms with van der Waals surface area (Å²) in [5, 5.41) is 0. The zero-order valence-electron chi connectivity index (χ0n) is 7.31. The van der Waals surface area contributed by atoms with Gasteiger partial charge in [-0.1, -0.05) is 22.0 Å². The van der Waals surface area contributed by atoms with Crippen molar-refractivity contribution >= 4 is 33.3 Å². The van der Waals surface area contributed by atoms with E-state index in [-0.39, 0.29) is 5.78 Å². The molecule has 0 bridgehead atoms. The number of carbonyl (C=O) groups excluding carboxylic acids is 1. The van der Waals surface area contributed by atoms with E-state index in [1.165, 1.54) is 0 Å². The van der Waals surface area contributed by atoms with Crippen molar-refractivity contribution in [3.8, 4) is 0 Å². The molecule has 0 aliphatic heterocycles. The van der Waals surface area contributed by atoms with E-state index < -0.39 is 0 Å². The van der Waals surface area contributed by atoms with Gasteiger partial charge in [-0.15, -0.1) is 11.6 Å². The minimum absolute atomic E-state index is 0.102. The quantitative estimate of drug-likeness (QED) is 0.600. The van der Waals surface area contributed by atoms with Gasteiger partial charge in [0, 0.05) is 22.3 Å². The lowest BCUT2D eigenvalue weighted by Gasteiger charge is -2.01. The SMILES string of the molecule is Cc1cc(C(=O)CCCl)ccc1Br. The predicted octanol–water partition coefficient (Wildman–Crippen LogP) is 3.57. The molecule has 0 heterocycles. The molecule has 0 aromatic heterocycles. The monoisotopic (exact) mass is 260 g/mol. The van der Waals surface area contributed by atoms with Crippen LogP contribution in [0.2, 0.25) is 0 Å². The van der Waals surface area contributed by atoms with Gasteiger partial charge in [-0.05, 0) is 24.6 Å². The van der Waals surface area contributed by atoms with E-state index in [0.29, 0.717) is 12.3 Å². The number of carbonyl (C=O) groups is 1. The molecule has 13 heavy (non-hydrogen) atoms. The van der Waals surface area contributed by atoms with Crippen molar-refractivity contribution in [1.29, 1.82) is 0 Å². The van der Waals surface area contributed by atoms with Gasteiger partial charge < -0.3 is 0 Å². The van der Waals surface area contributed by atoms with Crippen molar-refractivity contribution in [1.82, 2.24) is 0 Å². The first-order valence-electron chi connectivity index (χ1n) is 4.00. The predicted molar refractivity (Wildman–Crippen MR) is 58.5 cm³/mol. The molecule has 0 radical (unpaired) electrons. The van der Waals surface area contributed by atoms with Crippen LogP contribution in [0.25, 0.3) is 0 Å². The Morgan fingerprint density at radius 3 is 2.77 bits per heavy atom. The minimum Gasteiger partial charge on any atom is -0.294 e. The fraction of sp³-hybridized carbons (Fsp3) is 0.300. The van der Waals surface area contributed by atoms with E-state index in [9.17, 15) is 4.79 Å². The Morgan fingerprint density at radius 1 is 1.54 bits per heavy atom. The fourth-order valence-electron chi connectivity index (χ4n) is 1.05. The number of hydrogen-bond donors (Lipinski definition) is 0. The van der Waals surface area contributed by atoms with E-state index in [4.69, 9.17) is 11.6 Å². The smallest absolute Gasteiger partial charge is 0.164 e. The number of aryl methyl sites for hydroxylation is 1. The maximum absolute atomic E-state index is 11.4. The summed E-state index contributed by atoms with van der Waals surface area (Å²) < 4.78 is 1.02. The Labute approximate surface area is 91.2 Å². The van der Waals surface area contributed by atoms with Crippen molar-refractivity contribution in [2.45, 2.75) is 13.3 Å². The first kappa shape index (κ1) is 10.7. The summed E-state index contributed by atoms with van der Waals surface area (Å²) >= 11 is 8.87. The molecule has 0 fully saturated rings. The minimum atomic E-state index is 0.102. The summed E-state index contributed by atoms with van der Waals surface area (Å²) in [4.78, 5) is 11.4. The molecule has 0 atom stereocenters. The van der Waals surface area contributed by atoms with Crippen LogP contribution < -0.4 is 0 Å². The van der Waals surface area contributed by atoms with Crippen LogP contribution in [0.3, 0.4) is 0 Å². The van der Waals surface area contributed by atoms with Gasteiger partial charge >= 0.3 is 0 Å². The summed E-state index contributed by atoms with van der Waals surface area (Å²) in [6.45, 7) is 1.96.